The predicted octanol–water partition coefficient (Wildman–Crippen LogP) is 2.95. The quantitative estimate of drug-likeness (QED) is 0.311. The molecule has 2 aromatic rings. The number of benzene rings is 1. The van der Waals surface area contributed by atoms with Crippen LogP contribution in [0.25, 0.3) is 0 Å². The zero-order valence-electron chi connectivity index (χ0n) is 10.5. The highest BCUT2D eigenvalue weighted by Gasteiger charge is 2.13. The van der Waals surface area contributed by atoms with Gasteiger partial charge in [-0.15, -0.1) is 0 Å². The molecule has 0 atom stereocenters. The third-order valence-corrected chi connectivity index (χ3v) is 3.54. The largest absolute Gasteiger partial charge is 0.409 e. The number of rotatable bonds is 3. The van der Waals surface area contributed by atoms with Crippen molar-refractivity contribution in [2.75, 3.05) is 5.32 Å². The molecule has 0 saturated heterocycles. The van der Waals surface area contributed by atoms with Crippen molar-refractivity contribution in [3.63, 3.8) is 0 Å². The molecule has 1 amide bonds. The third-order valence-electron chi connectivity index (χ3n) is 2.57. The van der Waals surface area contributed by atoms with Crippen LogP contribution in [0.3, 0.4) is 0 Å². The number of hydrogen-bond donors (Lipinski definition) is 3. The Morgan fingerprint density at radius 3 is 2.57 bits per heavy atom. The summed E-state index contributed by atoms with van der Waals surface area (Å²) in [5.74, 6) is -0.493. The Morgan fingerprint density at radius 2 is 1.95 bits per heavy atom. The smallest absolute Gasteiger partial charge is 0.274 e. The molecule has 0 spiro atoms. The van der Waals surface area contributed by atoms with Crippen LogP contribution in [0.1, 0.15) is 16.1 Å². The van der Waals surface area contributed by atoms with Crippen molar-refractivity contribution in [2.24, 2.45) is 10.9 Å². The van der Waals surface area contributed by atoms with Crippen molar-refractivity contribution in [3.05, 3.63) is 56.7 Å². The van der Waals surface area contributed by atoms with E-state index in [1.807, 2.05) is 0 Å². The number of oxime groups is 1. The Labute approximate surface area is 137 Å². The van der Waals surface area contributed by atoms with E-state index in [1.54, 1.807) is 30.3 Å². The number of nitrogens with one attached hydrogen (secondary N) is 1. The van der Waals surface area contributed by atoms with Gasteiger partial charge in [-0.2, -0.15) is 0 Å². The number of amidine groups is 1. The maximum absolute atomic E-state index is 12.1. The number of carbonyl (C=O) groups excluding carboxylic acids is 1. The molecule has 1 aromatic heterocycles. The molecule has 4 N–H and O–H groups in total. The summed E-state index contributed by atoms with van der Waals surface area (Å²) in [5, 5.41) is 14.4. The second-order valence-electron chi connectivity index (χ2n) is 3.99. The molecule has 0 bridgehead atoms. The number of hydrogen-bond acceptors (Lipinski definition) is 4. The molecule has 6 nitrogen and oxygen atoms in total. The normalized spacial score (nSPS) is 11.2. The van der Waals surface area contributed by atoms with Gasteiger partial charge in [-0.05, 0) is 46.3 Å². The molecule has 1 heterocycles. The van der Waals surface area contributed by atoms with Gasteiger partial charge in [-0.25, -0.2) is 4.98 Å². The zero-order valence-corrected chi connectivity index (χ0v) is 13.7. The molecule has 0 aliphatic rings. The molecule has 0 aliphatic heterocycles. The zero-order chi connectivity index (χ0) is 15.4. The highest BCUT2D eigenvalue weighted by molar-refractivity contribution is 9.10. The molecule has 0 unspecified atom stereocenters. The van der Waals surface area contributed by atoms with Crippen LogP contribution in [0.5, 0.6) is 0 Å². The van der Waals surface area contributed by atoms with Crippen LogP contribution in [-0.2, 0) is 0 Å². The summed E-state index contributed by atoms with van der Waals surface area (Å²) < 4.78 is 1.52. The van der Waals surface area contributed by atoms with Crippen molar-refractivity contribution in [2.45, 2.75) is 0 Å². The van der Waals surface area contributed by atoms with Crippen molar-refractivity contribution in [1.82, 2.24) is 4.98 Å². The van der Waals surface area contributed by atoms with Crippen molar-refractivity contribution >= 4 is 49.3 Å². The second-order valence-corrected chi connectivity index (χ2v) is 5.82. The van der Waals surface area contributed by atoms with Gasteiger partial charge in [0, 0.05) is 20.7 Å². The Kier molecular flexibility index (Phi) is 4.92. The van der Waals surface area contributed by atoms with Crippen LogP contribution in [0, 0.1) is 0 Å². The number of anilines is 1. The summed E-state index contributed by atoms with van der Waals surface area (Å²) >= 11 is 6.54. The van der Waals surface area contributed by atoms with Gasteiger partial charge in [-0.1, -0.05) is 21.1 Å². The fourth-order valence-corrected chi connectivity index (χ4v) is 2.18. The van der Waals surface area contributed by atoms with Crippen LogP contribution < -0.4 is 11.1 Å². The lowest BCUT2D eigenvalue weighted by atomic mass is 10.1. The number of pyridine rings is 1. The first-order chi connectivity index (χ1) is 10.0. The van der Waals surface area contributed by atoms with Gasteiger partial charge < -0.3 is 16.3 Å². The van der Waals surface area contributed by atoms with E-state index >= 15 is 0 Å². The van der Waals surface area contributed by atoms with E-state index in [2.05, 4.69) is 47.3 Å². The Bertz CT molecular complexity index is 702. The number of carbonyl (C=O) groups is 1. The minimum absolute atomic E-state index is 0.102. The van der Waals surface area contributed by atoms with Gasteiger partial charge in [0.1, 0.15) is 5.69 Å². The molecule has 21 heavy (non-hydrogen) atoms. The van der Waals surface area contributed by atoms with Crippen LogP contribution in [0.4, 0.5) is 5.69 Å². The summed E-state index contributed by atoms with van der Waals surface area (Å²) in [4.78, 5) is 16.1. The molecular weight excluding hydrogens is 404 g/mol. The lowest BCUT2D eigenvalue weighted by Gasteiger charge is -2.10. The number of nitrogens with two attached hydrogens (primary N) is 1. The topological polar surface area (TPSA) is 101 Å². The van der Waals surface area contributed by atoms with E-state index in [0.717, 1.165) is 8.95 Å². The number of nitrogens with zero attached hydrogens (tertiary/aromatic N) is 2. The van der Waals surface area contributed by atoms with Gasteiger partial charge in [0.05, 0.1) is 5.69 Å². The lowest BCUT2D eigenvalue weighted by Crippen LogP contribution is -2.19. The van der Waals surface area contributed by atoms with Gasteiger partial charge in [0.2, 0.25) is 0 Å². The van der Waals surface area contributed by atoms with E-state index in [1.165, 1.54) is 6.20 Å². The van der Waals surface area contributed by atoms with Crippen molar-refractivity contribution < 1.29 is 10.0 Å². The second kappa shape index (κ2) is 6.68. The van der Waals surface area contributed by atoms with Crippen LogP contribution in [0.2, 0.25) is 0 Å². The monoisotopic (exact) mass is 412 g/mol. The lowest BCUT2D eigenvalue weighted by molar-refractivity contribution is 0.102. The fourth-order valence-electron chi connectivity index (χ4n) is 1.59. The SMILES string of the molecule is N/C(=N/O)c1cc(Br)ccc1NC(=O)c1ccc(Br)cn1. The van der Waals surface area contributed by atoms with Gasteiger partial charge in [0.25, 0.3) is 5.91 Å². The van der Waals surface area contributed by atoms with Gasteiger partial charge in [-0.3, -0.25) is 4.79 Å². The maximum atomic E-state index is 12.1. The number of aromatic nitrogens is 1. The van der Waals surface area contributed by atoms with Crippen molar-refractivity contribution in [3.8, 4) is 0 Å². The van der Waals surface area contributed by atoms with Gasteiger partial charge >= 0.3 is 0 Å². The fraction of sp³-hybridized carbons (Fsp3) is 0. The number of halogens is 2. The first kappa shape index (κ1) is 15.5. The van der Waals surface area contributed by atoms with E-state index in [9.17, 15) is 4.79 Å². The highest BCUT2D eigenvalue weighted by Crippen LogP contribution is 2.21. The Balaban J connectivity index is 2.31. The van der Waals surface area contributed by atoms with E-state index in [0.29, 0.717) is 11.3 Å². The molecule has 0 aliphatic carbocycles. The van der Waals surface area contributed by atoms with Crippen molar-refractivity contribution in [1.29, 1.82) is 0 Å². The van der Waals surface area contributed by atoms with E-state index in [4.69, 9.17) is 10.9 Å². The summed E-state index contributed by atoms with van der Waals surface area (Å²) in [6.45, 7) is 0. The minimum Gasteiger partial charge on any atom is -0.409 e. The van der Waals surface area contributed by atoms with Crippen LogP contribution >= 0.6 is 31.9 Å². The number of amides is 1. The average Bonchev–Trinajstić information content (AvgIpc) is 2.48. The minimum atomic E-state index is -0.392. The summed E-state index contributed by atoms with van der Waals surface area (Å²) in [6.07, 6.45) is 1.53. The summed E-state index contributed by atoms with van der Waals surface area (Å²) in [6, 6.07) is 8.32. The first-order valence-electron chi connectivity index (χ1n) is 5.71. The third kappa shape index (κ3) is 3.79. The average molecular weight is 414 g/mol. The van der Waals surface area contributed by atoms with E-state index in [-0.39, 0.29) is 11.5 Å². The maximum Gasteiger partial charge on any atom is 0.274 e. The molecule has 8 heteroatoms. The molecule has 0 radical (unpaired) electrons. The summed E-state index contributed by atoms with van der Waals surface area (Å²) in [7, 11) is 0. The Morgan fingerprint density at radius 1 is 1.24 bits per heavy atom. The summed E-state index contributed by atoms with van der Waals surface area (Å²) in [5.41, 5.74) is 6.68. The van der Waals surface area contributed by atoms with Crippen LogP contribution in [-0.4, -0.2) is 21.9 Å². The predicted molar refractivity (Wildman–Crippen MR) is 86.5 cm³/mol. The molecule has 2 rings (SSSR count). The van der Waals surface area contributed by atoms with E-state index < -0.39 is 5.91 Å². The highest BCUT2D eigenvalue weighted by atomic mass is 79.9. The molecular formula is C13H10Br2N4O2. The standard InChI is InChI=1S/C13H10Br2N4O2/c14-7-1-3-10(9(5-7)12(16)19-21)18-13(20)11-4-2-8(15)6-17-11/h1-6,21H,(H2,16,19)(H,18,20). The molecule has 108 valence electrons. The molecule has 0 fully saturated rings. The van der Waals surface area contributed by atoms with Crippen LogP contribution in [0.15, 0.2) is 50.6 Å². The Hall–Kier alpha value is -1.93. The molecule has 1 aromatic carbocycles. The first-order valence-corrected chi connectivity index (χ1v) is 7.30. The molecule has 0 saturated carbocycles. The van der Waals surface area contributed by atoms with Gasteiger partial charge in [0.15, 0.2) is 5.84 Å².